The highest BCUT2D eigenvalue weighted by molar-refractivity contribution is 5.79. The molecule has 0 aliphatic carbocycles. The lowest BCUT2D eigenvalue weighted by Gasteiger charge is -2.32. The third-order valence-electron chi connectivity index (χ3n) is 4.24. The molecular weight excluding hydrogens is 310 g/mol. The standard InChI is InChI=1S/C16H21N5O3/c1-9-12(10(2)20-19-9)6-16(23)21-4-5-24-14(8-21)13-7-15(22)18-11(3)17-13/h7,14H,4-6,8H2,1-3H3,(H,19,20)(H,17,18,22). The van der Waals surface area contributed by atoms with Gasteiger partial charge in [0.15, 0.2) is 0 Å². The molecular formula is C16H21N5O3. The number of hydrogen-bond donors (Lipinski definition) is 2. The third-order valence-corrected chi connectivity index (χ3v) is 4.24. The molecule has 0 spiro atoms. The number of aromatic nitrogens is 4. The summed E-state index contributed by atoms with van der Waals surface area (Å²) in [7, 11) is 0. The lowest BCUT2D eigenvalue weighted by Crippen LogP contribution is -2.43. The number of morpholine rings is 1. The van der Waals surface area contributed by atoms with Gasteiger partial charge in [-0.2, -0.15) is 5.10 Å². The van der Waals surface area contributed by atoms with E-state index in [0.717, 1.165) is 17.0 Å². The molecule has 2 aromatic rings. The molecule has 1 saturated heterocycles. The van der Waals surface area contributed by atoms with Crippen molar-refractivity contribution >= 4 is 5.91 Å². The fraction of sp³-hybridized carbons (Fsp3) is 0.500. The van der Waals surface area contributed by atoms with Crippen molar-refractivity contribution in [3.8, 4) is 0 Å². The predicted molar refractivity (Wildman–Crippen MR) is 86.6 cm³/mol. The van der Waals surface area contributed by atoms with Gasteiger partial charge >= 0.3 is 0 Å². The van der Waals surface area contributed by atoms with Gasteiger partial charge in [0.05, 0.1) is 31.0 Å². The van der Waals surface area contributed by atoms with Gasteiger partial charge in [-0.3, -0.25) is 14.7 Å². The van der Waals surface area contributed by atoms with Crippen LogP contribution in [0.3, 0.4) is 0 Å². The highest BCUT2D eigenvalue weighted by Crippen LogP contribution is 2.21. The minimum absolute atomic E-state index is 0.0254. The Morgan fingerprint density at radius 2 is 2.21 bits per heavy atom. The molecule has 0 bridgehead atoms. The Hall–Kier alpha value is -2.48. The van der Waals surface area contributed by atoms with Crippen LogP contribution in [0, 0.1) is 20.8 Å². The van der Waals surface area contributed by atoms with E-state index in [1.807, 2.05) is 13.8 Å². The van der Waals surface area contributed by atoms with Gasteiger partial charge in [0.1, 0.15) is 11.9 Å². The molecule has 1 aliphatic rings. The first-order valence-corrected chi connectivity index (χ1v) is 7.91. The van der Waals surface area contributed by atoms with Gasteiger partial charge in [-0.1, -0.05) is 0 Å². The second kappa shape index (κ2) is 6.56. The van der Waals surface area contributed by atoms with Crippen LogP contribution in [0.4, 0.5) is 0 Å². The Morgan fingerprint density at radius 3 is 2.88 bits per heavy atom. The minimum Gasteiger partial charge on any atom is -0.368 e. The van der Waals surface area contributed by atoms with Gasteiger partial charge in [-0.15, -0.1) is 0 Å². The number of hydrogen-bond acceptors (Lipinski definition) is 5. The maximum Gasteiger partial charge on any atom is 0.251 e. The number of carbonyl (C=O) groups excluding carboxylic acids is 1. The second-order valence-electron chi connectivity index (χ2n) is 6.04. The summed E-state index contributed by atoms with van der Waals surface area (Å²) in [5.41, 5.74) is 3.04. The summed E-state index contributed by atoms with van der Waals surface area (Å²) in [6, 6.07) is 1.43. The summed E-state index contributed by atoms with van der Waals surface area (Å²) in [4.78, 5) is 32.9. The summed E-state index contributed by atoms with van der Waals surface area (Å²) in [5, 5.41) is 7.03. The van der Waals surface area contributed by atoms with Crippen molar-refractivity contribution in [3.05, 3.63) is 44.9 Å². The van der Waals surface area contributed by atoms with Crippen LogP contribution in [0.15, 0.2) is 10.9 Å². The fourth-order valence-electron chi connectivity index (χ4n) is 2.92. The fourth-order valence-corrected chi connectivity index (χ4v) is 2.92. The summed E-state index contributed by atoms with van der Waals surface area (Å²) >= 11 is 0. The molecule has 2 N–H and O–H groups in total. The van der Waals surface area contributed by atoms with Gasteiger partial charge in [0.25, 0.3) is 5.56 Å². The number of carbonyl (C=O) groups is 1. The molecule has 0 saturated carbocycles. The molecule has 1 amide bonds. The molecule has 3 rings (SSSR count). The molecule has 1 atom stereocenters. The first-order valence-electron chi connectivity index (χ1n) is 7.91. The van der Waals surface area contributed by atoms with E-state index in [4.69, 9.17) is 4.74 Å². The molecule has 3 heterocycles. The summed E-state index contributed by atoms with van der Waals surface area (Å²) in [6.07, 6.45) is -0.0712. The maximum atomic E-state index is 12.6. The molecule has 8 heteroatoms. The van der Waals surface area contributed by atoms with Crippen molar-refractivity contribution in [2.24, 2.45) is 0 Å². The van der Waals surface area contributed by atoms with Gasteiger partial charge in [0.2, 0.25) is 5.91 Å². The van der Waals surface area contributed by atoms with Gasteiger partial charge in [0, 0.05) is 23.9 Å². The Morgan fingerprint density at radius 1 is 1.42 bits per heavy atom. The average molecular weight is 331 g/mol. The lowest BCUT2D eigenvalue weighted by atomic mass is 10.1. The number of aromatic amines is 2. The van der Waals surface area contributed by atoms with E-state index in [2.05, 4.69) is 20.2 Å². The lowest BCUT2D eigenvalue weighted by molar-refractivity contribution is -0.138. The first-order chi connectivity index (χ1) is 11.4. The van der Waals surface area contributed by atoms with E-state index in [1.165, 1.54) is 6.07 Å². The molecule has 1 aliphatic heterocycles. The van der Waals surface area contributed by atoms with E-state index in [0.29, 0.717) is 37.6 Å². The number of aryl methyl sites for hydroxylation is 3. The molecule has 1 unspecified atom stereocenters. The number of rotatable bonds is 3. The van der Waals surface area contributed by atoms with Crippen LogP contribution in [0.25, 0.3) is 0 Å². The zero-order valence-corrected chi connectivity index (χ0v) is 14.0. The SMILES string of the molecule is Cc1nc(C2CN(C(=O)Cc3c(C)n[nH]c3C)CCO2)cc(=O)[nH]1. The number of amides is 1. The summed E-state index contributed by atoms with van der Waals surface area (Å²) < 4.78 is 5.71. The van der Waals surface area contributed by atoms with Crippen molar-refractivity contribution in [2.45, 2.75) is 33.3 Å². The topological polar surface area (TPSA) is 104 Å². The molecule has 2 aromatic heterocycles. The van der Waals surface area contributed by atoms with E-state index in [9.17, 15) is 9.59 Å². The average Bonchev–Trinajstić information content (AvgIpc) is 2.86. The van der Waals surface area contributed by atoms with Gasteiger partial charge < -0.3 is 14.6 Å². The van der Waals surface area contributed by atoms with Crippen LogP contribution in [0.5, 0.6) is 0 Å². The van der Waals surface area contributed by atoms with Crippen LogP contribution in [0.1, 0.15) is 34.6 Å². The number of nitrogens with zero attached hydrogens (tertiary/aromatic N) is 3. The smallest absolute Gasteiger partial charge is 0.251 e. The zero-order valence-electron chi connectivity index (χ0n) is 14.0. The molecule has 1 fully saturated rings. The normalized spacial score (nSPS) is 18.0. The van der Waals surface area contributed by atoms with Gasteiger partial charge in [-0.05, 0) is 20.8 Å². The van der Waals surface area contributed by atoms with E-state index in [1.54, 1.807) is 11.8 Å². The monoisotopic (exact) mass is 331 g/mol. The highest BCUT2D eigenvalue weighted by Gasteiger charge is 2.27. The molecule has 0 aromatic carbocycles. The van der Waals surface area contributed by atoms with Crippen molar-refractivity contribution < 1.29 is 9.53 Å². The summed E-state index contributed by atoms with van der Waals surface area (Å²) in [5.74, 6) is 0.562. The maximum absolute atomic E-state index is 12.6. The number of ether oxygens (including phenoxy) is 1. The Kier molecular flexibility index (Phi) is 4.48. The molecule has 128 valence electrons. The van der Waals surface area contributed by atoms with Gasteiger partial charge in [-0.25, -0.2) is 4.98 Å². The van der Waals surface area contributed by atoms with Crippen LogP contribution < -0.4 is 5.56 Å². The number of H-pyrrole nitrogens is 2. The minimum atomic E-state index is -0.379. The van der Waals surface area contributed by atoms with Crippen molar-refractivity contribution in [3.63, 3.8) is 0 Å². The third kappa shape index (κ3) is 3.38. The van der Waals surface area contributed by atoms with Crippen molar-refractivity contribution in [2.75, 3.05) is 19.7 Å². The summed E-state index contributed by atoms with van der Waals surface area (Å²) in [6.45, 7) is 6.87. The van der Waals surface area contributed by atoms with E-state index in [-0.39, 0.29) is 17.6 Å². The van der Waals surface area contributed by atoms with Crippen LogP contribution in [-0.4, -0.2) is 50.7 Å². The van der Waals surface area contributed by atoms with Crippen molar-refractivity contribution in [1.82, 2.24) is 25.1 Å². The zero-order chi connectivity index (χ0) is 17.3. The van der Waals surface area contributed by atoms with E-state index < -0.39 is 0 Å². The molecule has 0 radical (unpaired) electrons. The van der Waals surface area contributed by atoms with Crippen molar-refractivity contribution in [1.29, 1.82) is 0 Å². The second-order valence-corrected chi connectivity index (χ2v) is 6.04. The van der Waals surface area contributed by atoms with Crippen LogP contribution in [-0.2, 0) is 16.0 Å². The Bertz CT molecular complexity index is 791. The quantitative estimate of drug-likeness (QED) is 0.855. The first kappa shape index (κ1) is 16.4. The Balaban J connectivity index is 1.73. The number of nitrogens with one attached hydrogen (secondary N) is 2. The van der Waals surface area contributed by atoms with E-state index >= 15 is 0 Å². The predicted octanol–water partition coefficient (Wildman–Crippen LogP) is 0.561. The highest BCUT2D eigenvalue weighted by atomic mass is 16.5. The van der Waals surface area contributed by atoms with Crippen LogP contribution in [0.2, 0.25) is 0 Å². The largest absolute Gasteiger partial charge is 0.368 e. The molecule has 24 heavy (non-hydrogen) atoms. The van der Waals surface area contributed by atoms with Crippen LogP contribution >= 0.6 is 0 Å². The molecule has 8 nitrogen and oxygen atoms in total. The Labute approximate surface area is 139 Å².